The summed E-state index contributed by atoms with van der Waals surface area (Å²) in [4.78, 5) is 0. The van der Waals surface area contributed by atoms with Gasteiger partial charge in [0.1, 0.15) is 0 Å². The van der Waals surface area contributed by atoms with Gasteiger partial charge in [0.2, 0.25) is 0 Å². The zero-order chi connectivity index (χ0) is 12.9. The minimum Gasteiger partial charge on any atom is -0.309 e. The lowest BCUT2D eigenvalue weighted by molar-refractivity contribution is 0.318. The fourth-order valence-electron chi connectivity index (χ4n) is 3.89. The Balaban J connectivity index is 2.17. The van der Waals surface area contributed by atoms with E-state index < -0.39 is 0 Å². The highest BCUT2D eigenvalue weighted by Crippen LogP contribution is 2.47. The molecule has 1 aromatic carbocycles. The van der Waals surface area contributed by atoms with Crippen molar-refractivity contribution >= 4 is 0 Å². The van der Waals surface area contributed by atoms with Crippen molar-refractivity contribution in [2.24, 2.45) is 5.92 Å². The predicted molar refractivity (Wildman–Crippen MR) is 77.0 cm³/mol. The average molecular weight is 243 g/mol. The van der Waals surface area contributed by atoms with Crippen LogP contribution in [0.15, 0.2) is 18.2 Å². The van der Waals surface area contributed by atoms with Crippen LogP contribution in [0.4, 0.5) is 0 Å². The molecule has 0 bridgehead atoms. The van der Waals surface area contributed by atoms with Gasteiger partial charge in [-0.2, -0.15) is 0 Å². The van der Waals surface area contributed by atoms with Crippen molar-refractivity contribution in [3.63, 3.8) is 0 Å². The summed E-state index contributed by atoms with van der Waals surface area (Å²) in [6.45, 7) is 10.6. The average Bonchev–Trinajstić information content (AvgIpc) is 2.33. The number of rotatable bonds is 1. The van der Waals surface area contributed by atoms with Crippen LogP contribution in [0.1, 0.15) is 69.2 Å². The van der Waals surface area contributed by atoms with E-state index in [1.807, 2.05) is 0 Å². The molecule has 0 aromatic heterocycles. The van der Waals surface area contributed by atoms with Crippen molar-refractivity contribution in [1.29, 1.82) is 0 Å². The second-order valence-corrected chi connectivity index (χ2v) is 7.06. The number of benzene rings is 1. The van der Waals surface area contributed by atoms with Crippen molar-refractivity contribution in [2.75, 3.05) is 6.54 Å². The summed E-state index contributed by atoms with van der Waals surface area (Å²) in [5, 5.41) is 3.76. The summed E-state index contributed by atoms with van der Waals surface area (Å²) in [5.74, 6) is 1.42. The maximum atomic E-state index is 3.76. The second kappa shape index (κ2) is 4.09. The first kappa shape index (κ1) is 12.2. The predicted octanol–water partition coefficient (Wildman–Crippen LogP) is 4.14. The lowest BCUT2D eigenvalue weighted by atomic mass is 9.65. The van der Waals surface area contributed by atoms with Crippen molar-refractivity contribution in [1.82, 2.24) is 5.32 Å². The van der Waals surface area contributed by atoms with E-state index in [0.717, 1.165) is 5.92 Å². The molecule has 2 atom stereocenters. The first-order valence-corrected chi connectivity index (χ1v) is 7.37. The van der Waals surface area contributed by atoms with Crippen molar-refractivity contribution in [2.45, 2.75) is 57.9 Å². The van der Waals surface area contributed by atoms with Gasteiger partial charge in [-0.1, -0.05) is 45.9 Å². The number of hydrogen-bond donors (Lipinski definition) is 1. The van der Waals surface area contributed by atoms with Crippen LogP contribution in [-0.2, 0) is 5.41 Å². The smallest absolute Gasteiger partial charge is 0.0346 e. The van der Waals surface area contributed by atoms with Crippen LogP contribution >= 0.6 is 0 Å². The molecular weight excluding hydrogens is 218 g/mol. The minimum absolute atomic E-state index is 0.362. The monoisotopic (exact) mass is 243 g/mol. The molecule has 1 N–H and O–H groups in total. The Bertz CT molecular complexity index is 459. The zero-order valence-corrected chi connectivity index (χ0v) is 12.1. The van der Waals surface area contributed by atoms with E-state index >= 15 is 0 Å². The summed E-state index contributed by atoms with van der Waals surface area (Å²) >= 11 is 0. The third-order valence-corrected chi connectivity index (χ3v) is 4.98. The Hall–Kier alpha value is -0.820. The Morgan fingerprint density at radius 3 is 2.78 bits per heavy atom. The Morgan fingerprint density at radius 1 is 1.28 bits per heavy atom. The van der Waals surface area contributed by atoms with E-state index in [4.69, 9.17) is 0 Å². The van der Waals surface area contributed by atoms with Crippen LogP contribution in [-0.4, -0.2) is 6.54 Å². The van der Waals surface area contributed by atoms with Gasteiger partial charge in [0.25, 0.3) is 0 Å². The third-order valence-electron chi connectivity index (χ3n) is 4.98. The lowest BCUT2D eigenvalue weighted by Gasteiger charge is -2.44. The molecule has 0 amide bonds. The van der Waals surface area contributed by atoms with Crippen LogP contribution in [0.5, 0.6) is 0 Å². The van der Waals surface area contributed by atoms with E-state index in [1.165, 1.54) is 19.4 Å². The molecule has 18 heavy (non-hydrogen) atoms. The highest BCUT2D eigenvalue weighted by molar-refractivity contribution is 5.47. The van der Waals surface area contributed by atoms with Gasteiger partial charge in [-0.3, -0.25) is 0 Å². The van der Waals surface area contributed by atoms with Gasteiger partial charge in [-0.15, -0.1) is 0 Å². The van der Waals surface area contributed by atoms with Crippen LogP contribution in [0.25, 0.3) is 0 Å². The SMILES string of the molecule is CC(C)C1NCC2CCC(C)(C)c3cccc1c32. The first-order chi connectivity index (χ1) is 8.50. The standard InChI is InChI=1S/C17H25N/c1-11(2)16-13-6-5-7-14-15(13)12(10-18-16)8-9-17(14,3)4/h5-7,11-12,16,18H,8-10H2,1-4H3. The van der Waals surface area contributed by atoms with Crippen LogP contribution in [0.2, 0.25) is 0 Å². The van der Waals surface area contributed by atoms with Crippen LogP contribution < -0.4 is 5.32 Å². The molecule has 2 unspecified atom stereocenters. The Labute approximate surface area is 111 Å². The largest absolute Gasteiger partial charge is 0.309 e. The maximum absolute atomic E-state index is 3.76. The molecule has 1 aromatic rings. The van der Waals surface area contributed by atoms with Crippen LogP contribution in [0, 0.1) is 5.92 Å². The third kappa shape index (κ3) is 1.72. The molecule has 1 aliphatic carbocycles. The van der Waals surface area contributed by atoms with Gasteiger partial charge in [0, 0.05) is 12.6 Å². The summed E-state index contributed by atoms with van der Waals surface area (Å²) in [6.07, 6.45) is 2.66. The maximum Gasteiger partial charge on any atom is 0.0346 e. The summed E-state index contributed by atoms with van der Waals surface area (Å²) in [6, 6.07) is 7.53. The van der Waals surface area contributed by atoms with Crippen LogP contribution in [0.3, 0.4) is 0 Å². The highest BCUT2D eigenvalue weighted by atomic mass is 14.9. The Morgan fingerprint density at radius 2 is 2.06 bits per heavy atom. The van der Waals surface area contributed by atoms with Crippen molar-refractivity contribution in [3.8, 4) is 0 Å². The number of hydrogen-bond acceptors (Lipinski definition) is 1. The topological polar surface area (TPSA) is 12.0 Å². The fraction of sp³-hybridized carbons (Fsp3) is 0.647. The lowest BCUT2D eigenvalue weighted by Crippen LogP contribution is -2.40. The first-order valence-electron chi connectivity index (χ1n) is 7.37. The molecule has 2 aliphatic rings. The van der Waals surface area contributed by atoms with Gasteiger partial charge >= 0.3 is 0 Å². The molecule has 1 heteroatoms. The summed E-state index contributed by atoms with van der Waals surface area (Å²) in [5.41, 5.74) is 5.24. The van der Waals surface area contributed by atoms with Gasteiger partial charge in [-0.05, 0) is 46.8 Å². The normalized spacial score (nSPS) is 29.2. The molecule has 0 saturated heterocycles. The molecule has 0 fully saturated rings. The summed E-state index contributed by atoms with van der Waals surface area (Å²) in [7, 11) is 0. The molecule has 0 radical (unpaired) electrons. The zero-order valence-electron chi connectivity index (χ0n) is 12.1. The fourth-order valence-corrected chi connectivity index (χ4v) is 3.89. The Kier molecular flexibility index (Phi) is 2.78. The van der Waals surface area contributed by atoms with Gasteiger partial charge in [-0.25, -0.2) is 0 Å². The van der Waals surface area contributed by atoms with E-state index in [1.54, 1.807) is 16.7 Å². The molecule has 0 spiro atoms. The number of nitrogens with one attached hydrogen (secondary N) is 1. The van der Waals surface area contributed by atoms with Gasteiger partial charge in [0.05, 0.1) is 0 Å². The summed E-state index contributed by atoms with van der Waals surface area (Å²) < 4.78 is 0. The van der Waals surface area contributed by atoms with Gasteiger partial charge < -0.3 is 5.32 Å². The highest BCUT2D eigenvalue weighted by Gasteiger charge is 2.38. The van der Waals surface area contributed by atoms with E-state index in [0.29, 0.717) is 17.4 Å². The molecular formula is C17H25N. The van der Waals surface area contributed by atoms with E-state index in [9.17, 15) is 0 Å². The van der Waals surface area contributed by atoms with Crippen molar-refractivity contribution < 1.29 is 0 Å². The molecule has 0 saturated carbocycles. The quantitative estimate of drug-likeness (QED) is 0.781. The molecule has 98 valence electrons. The molecule has 1 heterocycles. The molecule has 3 rings (SSSR count). The second-order valence-electron chi connectivity index (χ2n) is 7.06. The van der Waals surface area contributed by atoms with E-state index in [-0.39, 0.29) is 0 Å². The van der Waals surface area contributed by atoms with Crippen molar-refractivity contribution in [3.05, 3.63) is 34.9 Å². The molecule has 1 aliphatic heterocycles. The molecule has 1 nitrogen and oxygen atoms in total. The minimum atomic E-state index is 0.362. The van der Waals surface area contributed by atoms with Gasteiger partial charge in [0.15, 0.2) is 0 Å². The van der Waals surface area contributed by atoms with E-state index in [2.05, 4.69) is 51.2 Å².